The van der Waals surface area contributed by atoms with E-state index in [0.29, 0.717) is 12.3 Å². The van der Waals surface area contributed by atoms with Crippen LogP contribution in [0.4, 0.5) is 5.69 Å². The highest BCUT2D eigenvalue weighted by molar-refractivity contribution is 7.99. The number of halogens is 1. The molecule has 0 radical (unpaired) electrons. The van der Waals surface area contributed by atoms with E-state index in [4.69, 9.17) is 11.6 Å². The third-order valence-corrected chi connectivity index (χ3v) is 4.57. The molecule has 2 aromatic rings. The SMILES string of the molecule is CN(C)c1ccc(CNC(=O)CSCc2cccc(Cl)c2)cc1. The van der Waals surface area contributed by atoms with E-state index >= 15 is 0 Å². The lowest BCUT2D eigenvalue weighted by Gasteiger charge is -2.13. The number of hydrogen-bond donors (Lipinski definition) is 1. The molecule has 0 saturated carbocycles. The fraction of sp³-hybridized carbons (Fsp3) is 0.278. The lowest BCUT2D eigenvalue weighted by Crippen LogP contribution is -2.24. The van der Waals surface area contributed by atoms with E-state index in [1.165, 1.54) is 0 Å². The molecule has 2 aromatic carbocycles. The molecule has 0 spiro atoms. The maximum atomic E-state index is 11.9. The van der Waals surface area contributed by atoms with Gasteiger partial charge < -0.3 is 10.2 Å². The molecule has 23 heavy (non-hydrogen) atoms. The third kappa shape index (κ3) is 6.16. The molecule has 0 saturated heterocycles. The number of thioether (sulfide) groups is 1. The smallest absolute Gasteiger partial charge is 0.230 e. The summed E-state index contributed by atoms with van der Waals surface area (Å²) in [7, 11) is 4.02. The van der Waals surface area contributed by atoms with Gasteiger partial charge in [-0.2, -0.15) is 0 Å². The average molecular weight is 349 g/mol. The summed E-state index contributed by atoms with van der Waals surface area (Å²) in [4.78, 5) is 13.9. The van der Waals surface area contributed by atoms with Crippen molar-refractivity contribution in [3.05, 3.63) is 64.7 Å². The number of benzene rings is 2. The first kappa shape index (κ1) is 17.7. The average Bonchev–Trinajstić information content (AvgIpc) is 2.53. The second kappa shape index (κ2) is 8.85. The molecule has 0 unspecified atom stereocenters. The van der Waals surface area contributed by atoms with Gasteiger partial charge in [0.2, 0.25) is 5.91 Å². The molecule has 0 aromatic heterocycles. The normalized spacial score (nSPS) is 10.4. The molecule has 0 aliphatic carbocycles. The zero-order chi connectivity index (χ0) is 16.7. The van der Waals surface area contributed by atoms with Crippen molar-refractivity contribution in [3.63, 3.8) is 0 Å². The van der Waals surface area contributed by atoms with Crippen LogP contribution in [0.1, 0.15) is 11.1 Å². The molecule has 0 aliphatic heterocycles. The van der Waals surface area contributed by atoms with Gasteiger partial charge in [-0.05, 0) is 35.4 Å². The van der Waals surface area contributed by atoms with Crippen LogP contribution in [0.15, 0.2) is 48.5 Å². The summed E-state index contributed by atoms with van der Waals surface area (Å²) in [6.07, 6.45) is 0. The minimum absolute atomic E-state index is 0.0497. The molecule has 3 nitrogen and oxygen atoms in total. The minimum atomic E-state index is 0.0497. The molecule has 0 heterocycles. The Bertz CT molecular complexity index is 644. The molecule has 0 aliphatic rings. The predicted molar refractivity (Wildman–Crippen MR) is 100 cm³/mol. The molecule has 0 fully saturated rings. The molecule has 122 valence electrons. The van der Waals surface area contributed by atoms with Crippen molar-refractivity contribution < 1.29 is 4.79 Å². The Labute approximate surface area is 147 Å². The highest BCUT2D eigenvalue weighted by atomic mass is 35.5. The largest absolute Gasteiger partial charge is 0.378 e. The van der Waals surface area contributed by atoms with Gasteiger partial charge in [0.05, 0.1) is 5.75 Å². The van der Waals surface area contributed by atoms with Gasteiger partial charge in [0.25, 0.3) is 0 Å². The van der Waals surface area contributed by atoms with Gasteiger partial charge in [-0.15, -0.1) is 11.8 Å². The number of nitrogens with one attached hydrogen (secondary N) is 1. The first-order valence-corrected chi connectivity index (χ1v) is 8.93. The Hall–Kier alpha value is -1.65. The van der Waals surface area contributed by atoms with Crippen molar-refractivity contribution in [2.75, 3.05) is 24.7 Å². The number of anilines is 1. The van der Waals surface area contributed by atoms with E-state index < -0.39 is 0 Å². The van der Waals surface area contributed by atoms with Crippen molar-refractivity contribution in [3.8, 4) is 0 Å². The van der Waals surface area contributed by atoms with Crippen LogP contribution in [-0.4, -0.2) is 25.8 Å². The summed E-state index contributed by atoms with van der Waals surface area (Å²) in [5.74, 6) is 1.28. The fourth-order valence-electron chi connectivity index (χ4n) is 2.05. The van der Waals surface area contributed by atoms with Crippen LogP contribution in [0.3, 0.4) is 0 Å². The minimum Gasteiger partial charge on any atom is -0.378 e. The zero-order valence-electron chi connectivity index (χ0n) is 13.4. The van der Waals surface area contributed by atoms with Crippen molar-refractivity contribution in [1.82, 2.24) is 5.32 Å². The molecular weight excluding hydrogens is 328 g/mol. The van der Waals surface area contributed by atoms with Crippen molar-refractivity contribution in [2.24, 2.45) is 0 Å². The van der Waals surface area contributed by atoms with Crippen LogP contribution in [0.5, 0.6) is 0 Å². The number of amides is 1. The number of carbonyl (C=O) groups excluding carboxylic acids is 1. The van der Waals surface area contributed by atoms with E-state index in [9.17, 15) is 4.79 Å². The standard InChI is InChI=1S/C18H21ClN2OS/c1-21(2)17-8-6-14(7-9-17)11-20-18(22)13-23-12-15-4-3-5-16(19)10-15/h3-10H,11-13H2,1-2H3,(H,20,22). The van der Waals surface area contributed by atoms with E-state index in [0.717, 1.165) is 27.6 Å². The van der Waals surface area contributed by atoms with Gasteiger partial charge in [0.1, 0.15) is 0 Å². The lowest BCUT2D eigenvalue weighted by atomic mass is 10.2. The summed E-state index contributed by atoms with van der Waals surface area (Å²) in [5.41, 5.74) is 3.38. The molecular formula is C18H21ClN2OS. The van der Waals surface area contributed by atoms with Gasteiger partial charge in [-0.1, -0.05) is 35.9 Å². The monoisotopic (exact) mass is 348 g/mol. The van der Waals surface area contributed by atoms with Crippen LogP contribution in [-0.2, 0) is 17.1 Å². The second-order valence-corrected chi connectivity index (χ2v) is 6.88. The quantitative estimate of drug-likeness (QED) is 0.822. The maximum Gasteiger partial charge on any atom is 0.230 e. The van der Waals surface area contributed by atoms with Gasteiger partial charge in [0, 0.05) is 37.1 Å². The molecule has 1 N–H and O–H groups in total. The summed E-state index contributed by atoms with van der Waals surface area (Å²) >= 11 is 7.53. The highest BCUT2D eigenvalue weighted by Gasteiger charge is 2.03. The van der Waals surface area contributed by atoms with E-state index in [2.05, 4.69) is 22.3 Å². The summed E-state index contributed by atoms with van der Waals surface area (Å²) < 4.78 is 0. The Morgan fingerprint density at radius 3 is 2.52 bits per heavy atom. The Balaban J connectivity index is 1.70. The third-order valence-electron chi connectivity index (χ3n) is 3.33. The van der Waals surface area contributed by atoms with Crippen LogP contribution in [0.2, 0.25) is 5.02 Å². The molecule has 0 bridgehead atoms. The fourth-order valence-corrected chi connectivity index (χ4v) is 3.07. The number of hydrogen-bond acceptors (Lipinski definition) is 3. The van der Waals surface area contributed by atoms with Crippen molar-refractivity contribution >= 4 is 35.0 Å². The van der Waals surface area contributed by atoms with Crippen molar-refractivity contribution in [1.29, 1.82) is 0 Å². The number of rotatable bonds is 7. The van der Waals surface area contributed by atoms with E-state index in [1.807, 2.05) is 50.5 Å². The van der Waals surface area contributed by atoms with Crippen LogP contribution >= 0.6 is 23.4 Å². The van der Waals surface area contributed by atoms with E-state index in [1.54, 1.807) is 11.8 Å². The Morgan fingerprint density at radius 1 is 1.13 bits per heavy atom. The summed E-state index contributed by atoms with van der Waals surface area (Å²) in [5, 5.41) is 3.68. The van der Waals surface area contributed by atoms with Gasteiger partial charge in [-0.25, -0.2) is 0 Å². The zero-order valence-corrected chi connectivity index (χ0v) is 15.0. The Morgan fingerprint density at radius 2 is 1.87 bits per heavy atom. The van der Waals surface area contributed by atoms with Crippen LogP contribution in [0, 0.1) is 0 Å². The molecule has 0 atom stereocenters. The first-order chi connectivity index (χ1) is 11.0. The van der Waals surface area contributed by atoms with Crippen molar-refractivity contribution in [2.45, 2.75) is 12.3 Å². The highest BCUT2D eigenvalue weighted by Crippen LogP contribution is 2.16. The van der Waals surface area contributed by atoms with Crippen LogP contribution < -0.4 is 10.2 Å². The maximum absolute atomic E-state index is 11.9. The first-order valence-electron chi connectivity index (χ1n) is 7.40. The Kier molecular flexibility index (Phi) is 6.81. The molecule has 5 heteroatoms. The number of carbonyl (C=O) groups is 1. The predicted octanol–water partition coefficient (Wildman–Crippen LogP) is 3.96. The van der Waals surface area contributed by atoms with Gasteiger partial charge in [-0.3, -0.25) is 4.79 Å². The lowest BCUT2D eigenvalue weighted by molar-refractivity contribution is -0.118. The second-order valence-electron chi connectivity index (χ2n) is 5.46. The van der Waals surface area contributed by atoms with Crippen LogP contribution in [0.25, 0.3) is 0 Å². The topological polar surface area (TPSA) is 32.3 Å². The van der Waals surface area contributed by atoms with E-state index in [-0.39, 0.29) is 5.91 Å². The molecule has 2 rings (SSSR count). The van der Waals surface area contributed by atoms with Gasteiger partial charge >= 0.3 is 0 Å². The summed E-state index contributed by atoms with van der Waals surface area (Å²) in [6.45, 7) is 0.560. The number of nitrogens with zero attached hydrogens (tertiary/aromatic N) is 1. The summed E-state index contributed by atoms with van der Waals surface area (Å²) in [6, 6.07) is 15.9. The molecule has 1 amide bonds. The van der Waals surface area contributed by atoms with Gasteiger partial charge in [0.15, 0.2) is 0 Å².